The number of carboxylic acid groups (broad SMARTS) is 1. The molecule has 0 saturated carbocycles. The van der Waals surface area contributed by atoms with Gasteiger partial charge in [-0.2, -0.15) is 0 Å². The molecule has 0 aliphatic carbocycles. The van der Waals surface area contributed by atoms with Gasteiger partial charge in [0.25, 0.3) is 21.4 Å². The maximum Gasteiger partial charge on any atom is 0.303 e. The van der Waals surface area contributed by atoms with Crippen LogP contribution in [0.25, 0.3) is 0 Å². The van der Waals surface area contributed by atoms with Gasteiger partial charge in [0.2, 0.25) is 0 Å². The summed E-state index contributed by atoms with van der Waals surface area (Å²) in [6, 6.07) is 8.29. The SMILES string of the molecule is Cc1cc([N+](=O)[O-])ccc1N(CCCC(=O)O)S(=O)(=O)c1ccccc1[N+](=O)[O-]. The summed E-state index contributed by atoms with van der Waals surface area (Å²) in [6.07, 6.45) is -0.388. The van der Waals surface area contributed by atoms with Gasteiger partial charge in [-0.1, -0.05) is 12.1 Å². The zero-order chi connectivity index (χ0) is 21.8. The van der Waals surface area contributed by atoms with Gasteiger partial charge in [-0.05, 0) is 31.0 Å². The van der Waals surface area contributed by atoms with Gasteiger partial charge in [-0.15, -0.1) is 0 Å². The molecule has 2 aromatic carbocycles. The monoisotopic (exact) mass is 423 g/mol. The van der Waals surface area contributed by atoms with Gasteiger partial charge in [0, 0.05) is 31.2 Å². The minimum Gasteiger partial charge on any atom is -0.481 e. The van der Waals surface area contributed by atoms with E-state index in [0.717, 1.165) is 22.5 Å². The number of para-hydroxylation sites is 1. The van der Waals surface area contributed by atoms with Gasteiger partial charge in [0.15, 0.2) is 4.90 Å². The summed E-state index contributed by atoms with van der Waals surface area (Å²) in [6.45, 7) is 1.18. The molecule has 29 heavy (non-hydrogen) atoms. The third kappa shape index (κ3) is 4.85. The van der Waals surface area contributed by atoms with Crippen LogP contribution in [0.15, 0.2) is 47.4 Å². The van der Waals surface area contributed by atoms with E-state index >= 15 is 0 Å². The normalized spacial score (nSPS) is 11.1. The van der Waals surface area contributed by atoms with Gasteiger partial charge in [0.05, 0.1) is 15.5 Å². The molecular formula is C17H17N3O8S. The molecule has 1 N–H and O–H groups in total. The maximum absolute atomic E-state index is 13.2. The molecule has 0 unspecified atom stereocenters. The smallest absolute Gasteiger partial charge is 0.303 e. The fraction of sp³-hybridized carbons (Fsp3) is 0.235. The molecule has 2 rings (SSSR count). The largest absolute Gasteiger partial charge is 0.481 e. The van der Waals surface area contributed by atoms with Crippen LogP contribution in [-0.2, 0) is 14.8 Å². The number of nitrogens with zero attached hydrogens (tertiary/aromatic N) is 3. The molecule has 0 aromatic heterocycles. The summed E-state index contributed by atoms with van der Waals surface area (Å²) in [5.41, 5.74) is -0.564. The van der Waals surface area contributed by atoms with E-state index in [0.29, 0.717) is 0 Å². The molecule has 0 saturated heterocycles. The molecule has 0 bridgehead atoms. The lowest BCUT2D eigenvalue weighted by Crippen LogP contribution is -2.33. The number of hydrogen-bond acceptors (Lipinski definition) is 7. The van der Waals surface area contributed by atoms with E-state index in [-0.39, 0.29) is 36.3 Å². The predicted molar refractivity (Wildman–Crippen MR) is 102 cm³/mol. The van der Waals surface area contributed by atoms with Crippen LogP contribution in [0.2, 0.25) is 0 Å². The molecule has 0 fully saturated rings. The molecule has 0 amide bonds. The fourth-order valence-electron chi connectivity index (χ4n) is 2.72. The molecular weight excluding hydrogens is 406 g/mol. The molecule has 0 heterocycles. The highest BCUT2D eigenvalue weighted by Gasteiger charge is 2.32. The van der Waals surface area contributed by atoms with Crippen molar-refractivity contribution in [2.75, 3.05) is 10.8 Å². The fourth-order valence-corrected chi connectivity index (χ4v) is 4.45. The second kappa shape index (κ2) is 8.65. The van der Waals surface area contributed by atoms with Crippen molar-refractivity contribution in [3.63, 3.8) is 0 Å². The number of aryl methyl sites for hydroxylation is 1. The Morgan fingerprint density at radius 1 is 1.10 bits per heavy atom. The number of hydrogen-bond donors (Lipinski definition) is 1. The molecule has 0 spiro atoms. The number of rotatable bonds is 9. The van der Waals surface area contributed by atoms with Crippen LogP contribution < -0.4 is 4.31 Å². The van der Waals surface area contributed by atoms with E-state index in [1.165, 1.54) is 31.2 Å². The number of nitro groups is 2. The lowest BCUT2D eigenvalue weighted by molar-refractivity contribution is -0.387. The summed E-state index contributed by atoms with van der Waals surface area (Å²) in [5.74, 6) is -1.13. The highest BCUT2D eigenvalue weighted by atomic mass is 32.2. The minimum absolute atomic E-state index is 0.0639. The number of carboxylic acids is 1. The predicted octanol–water partition coefficient (Wildman–Crippen LogP) is 2.87. The standard InChI is InChI=1S/C17H17N3O8S/c1-12-11-13(19(23)24)8-9-14(12)18(10-4-7-17(21)22)29(27,28)16-6-3-2-5-15(16)20(25)26/h2-3,5-6,8-9,11H,4,7,10H2,1H3,(H,21,22). The molecule has 154 valence electrons. The first kappa shape index (κ1) is 21.8. The van der Waals surface area contributed by atoms with Crippen molar-refractivity contribution in [2.45, 2.75) is 24.7 Å². The van der Waals surface area contributed by atoms with E-state index in [2.05, 4.69) is 0 Å². The lowest BCUT2D eigenvalue weighted by Gasteiger charge is -2.25. The van der Waals surface area contributed by atoms with E-state index in [1.54, 1.807) is 0 Å². The van der Waals surface area contributed by atoms with Crippen molar-refractivity contribution in [1.29, 1.82) is 0 Å². The highest BCUT2D eigenvalue weighted by molar-refractivity contribution is 7.93. The topological polar surface area (TPSA) is 161 Å². The number of non-ortho nitro benzene ring substituents is 1. The third-order valence-electron chi connectivity index (χ3n) is 4.04. The van der Waals surface area contributed by atoms with Crippen LogP contribution in [0, 0.1) is 27.2 Å². The van der Waals surface area contributed by atoms with Crippen molar-refractivity contribution in [1.82, 2.24) is 0 Å². The number of anilines is 1. The van der Waals surface area contributed by atoms with Crippen molar-refractivity contribution in [2.24, 2.45) is 0 Å². The first-order valence-electron chi connectivity index (χ1n) is 8.28. The Hall–Kier alpha value is -3.54. The Morgan fingerprint density at radius 2 is 1.76 bits per heavy atom. The van der Waals surface area contributed by atoms with Gasteiger partial charge in [0.1, 0.15) is 0 Å². The van der Waals surface area contributed by atoms with Crippen LogP contribution in [0.5, 0.6) is 0 Å². The second-order valence-electron chi connectivity index (χ2n) is 6.03. The first-order valence-corrected chi connectivity index (χ1v) is 9.72. The van der Waals surface area contributed by atoms with Crippen LogP contribution in [-0.4, -0.2) is 35.9 Å². The average Bonchev–Trinajstić information content (AvgIpc) is 2.65. The van der Waals surface area contributed by atoms with Gasteiger partial charge >= 0.3 is 5.97 Å². The van der Waals surface area contributed by atoms with Gasteiger partial charge in [-0.25, -0.2) is 8.42 Å². The lowest BCUT2D eigenvalue weighted by atomic mass is 10.1. The minimum atomic E-state index is -4.45. The molecule has 12 heteroatoms. The number of sulfonamides is 1. The van der Waals surface area contributed by atoms with Crippen molar-refractivity contribution in [3.05, 3.63) is 68.3 Å². The quantitative estimate of drug-likeness (QED) is 0.475. The number of nitro benzene ring substituents is 2. The first-order chi connectivity index (χ1) is 13.6. The Labute approximate surface area is 165 Å². The van der Waals surface area contributed by atoms with E-state index in [4.69, 9.17) is 5.11 Å². The number of carbonyl (C=O) groups is 1. The molecule has 0 radical (unpaired) electrons. The van der Waals surface area contributed by atoms with Crippen LogP contribution in [0.3, 0.4) is 0 Å². The van der Waals surface area contributed by atoms with Crippen molar-refractivity contribution < 1.29 is 28.2 Å². The van der Waals surface area contributed by atoms with E-state index in [9.17, 15) is 33.4 Å². The summed E-state index contributed by atoms with van der Waals surface area (Å²) < 4.78 is 27.3. The molecule has 2 aromatic rings. The molecule has 0 aliphatic rings. The molecule has 0 aliphatic heterocycles. The van der Waals surface area contributed by atoms with E-state index in [1.807, 2.05) is 0 Å². The average molecular weight is 423 g/mol. The Morgan fingerprint density at radius 3 is 2.31 bits per heavy atom. The summed E-state index contributed by atoms with van der Waals surface area (Å²) in [5, 5.41) is 31.1. The summed E-state index contributed by atoms with van der Waals surface area (Å²) in [7, 11) is -4.45. The zero-order valence-electron chi connectivity index (χ0n) is 15.2. The number of aliphatic carboxylic acids is 1. The van der Waals surface area contributed by atoms with Crippen LogP contribution >= 0.6 is 0 Å². The third-order valence-corrected chi connectivity index (χ3v) is 5.90. The van der Waals surface area contributed by atoms with Crippen molar-refractivity contribution in [3.8, 4) is 0 Å². The van der Waals surface area contributed by atoms with Gasteiger partial charge in [-0.3, -0.25) is 29.3 Å². The Kier molecular flexibility index (Phi) is 6.49. The van der Waals surface area contributed by atoms with E-state index < -0.39 is 36.4 Å². The summed E-state index contributed by atoms with van der Waals surface area (Å²) >= 11 is 0. The van der Waals surface area contributed by atoms with Crippen LogP contribution in [0.4, 0.5) is 17.1 Å². The molecule has 11 nitrogen and oxygen atoms in total. The van der Waals surface area contributed by atoms with Crippen molar-refractivity contribution >= 4 is 33.1 Å². The molecule has 0 atom stereocenters. The Balaban J connectivity index is 2.61. The highest BCUT2D eigenvalue weighted by Crippen LogP contribution is 2.33. The second-order valence-corrected chi connectivity index (χ2v) is 7.86. The summed E-state index contributed by atoms with van der Waals surface area (Å²) in [4.78, 5) is 31.1. The van der Waals surface area contributed by atoms with Crippen LogP contribution in [0.1, 0.15) is 18.4 Å². The number of benzene rings is 2. The zero-order valence-corrected chi connectivity index (χ0v) is 16.0. The Bertz CT molecular complexity index is 1070. The van der Waals surface area contributed by atoms with Gasteiger partial charge < -0.3 is 5.11 Å². The maximum atomic E-state index is 13.2.